The van der Waals surface area contributed by atoms with E-state index in [0.29, 0.717) is 18.8 Å². The maximum Gasteiger partial charge on any atom is 0.243 e. The van der Waals surface area contributed by atoms with Crippen LogP contribution in [-0.2, 0) is 21.2 Å². The predicted octanol–water partition coefficient (Wildman–Crippen LogP) is 3.44. The highest BCUT2D eigenvalue weighted by atomic mass is 32.2. The number of benzene rings is 2. The third-order valence-corrected chi connectivity index (χ3v) is 6.74. The van der Waals surface area contributed by atoms with Gasteiger partial charge in [0.2, 0.25) is 15.9 Å². The molecule has 1 aliphatic rings. The van der Waals surface area contributed by atoms with Crippen molar-refractivity contribution in [1.29, 1.82) is 0 Å². The van der Waals surface area contributed by atoms with Gasteiger partial charge in [0, 0.05) is 18.8 Å². The molecule has 1 heterocycles. The van der Waals surface area contributed by atoms with Gasteiger partial charge in [-0.1, -0.05) is 31.0 Å². The van der Waals surface area contributed by atoms with Crippen LogP contribution in [0, 0.1) is 0 Å². The zero-order valence-corrected chi connectivity index (χ0v) is 16.9. The number of methoxy groups -OCH3 is 1. The molecule has 2 aromatic rings. The van der Waals surface area contributed by atoms with Crippen LogP contribution in [0.3, 0.4) is 0 Å². The van der Waals surface area contributed by atoms with Gasteiger partial charge >= 0.3 is 0 Å². The van der Waals surface area contributed by atoms with E-state index in [9.17, 15) is 13.2 Å². The number of anilines is 1. The van der Waals surface area contributed by atoms with Crippen molar-refractivity contribution >= 4 is 21.6 Å². The summed E-state index contributed by atoms with van der Waals surface area (Å²) in [5.74, 6) is 0.532. The van der Waals surface area contributed by atoms with Crippen molar-refractivity contribution in [2.45, 2.75) is 37.0 Å². The summed E-state index contributed by atoms with van der Waals surface area (Å²) in [7, 11) is -1.95. The Labute approximate surface area is 166 Å². The van der Waals surface area contributed by atoms with Gasteiger partial charge in [0.1, 0.15) is 5.75 Å². The lowest BCUT2D eigenvalue weighted by Crippen LogP contribution is -2.32. The van der Waals surface area contributed by atoms with Crippen molar-refractivity contribution in [3.05, 3.63) is 54.1 Å². The summed E-state index contributed by atoms with van der Waals surface area (Å²) in [6.45, 7) is 1.10. The van der Waals surface area contributed by atoms with E-state index in [1.165, 1.54) is 6.07 Å². The maximum absolute atomic E-state index is 12.9. The molecule has 0 bridgehead atoms. The lowest BCUT2D eigenvalue weighted by molar-refractivity contribution is -0.115. The Hall–Kier alpha value is -2.38. The van der Waals surface area contributed by atoms with Crippen LogP contribution in [0.5, 0.6) is 5.75 Å². The minimum atomic E-state index is -3.54. The highest BCUT2D eigenvalue weighted by Crippen LogP contribution is 2.23. The Morgan fingerprint density at radius 1 is 1.04 bits per heavy atom. The molecule has 0 aliphatic carbocycles. The summed E-state index contributed by atoms with van der Waals surface area (Å²) < 4.78 is 32.5. The van der Waals surface area contributed by atoms with E-state index in [4.69, 9.17) is 4.74 Å². The quantitative estimate of drug-likeness (QED) is 0.803. The predicted molar refractivity (Wildman–Crippen MR) is 109 cm³/mol. The molecule has 1 amide bonds. The number of sulfonamides is 1. The Morgan fingerprint density at radius 3 is 2.36 bits per heavy atom. The average molecular weight is 403 g/mol. The van der Waals surface area contributed by atoms with Crippen molar-refractivity contribution in [2.75, 3.05) is 25.5 Å². The molecule has 1 aliphatic heterocycles. The van der Waals surface area contributed by atoms with Crippen LogP contribution >= 0.6 is 0 Å². The molecule has 150 valence electrons. The number of rotatable bonds is 6. The van der Waals surface area contributed by atoms with Crippen LogP contribution in [0.25, 0.3) is 0 Å². The highest BCUT2D eigenvalue weighted by Gasteiger charge is 2.25. The summed E-state index contributed by atoms with van der Waals surface area (Å²) in [4.78, 5) is 12.6. The van der Waals surface area contributed by atoms with Crippen LogP contribution in [0.4, 0.5) is 5.69 Å². The normalized spacial score (nSPS) is 15.6. The minimum Gasteiger partial charge on any atom is -0.497 e. The number of carbonyl (C=O) groups is 1. The fourth-order valence-electron chi connectivity index (χ4n) is 3.30. The number of nitrogens with one attached hydrogen (secondary N) is 1. The zero-order chi connectivity index (χ0) is 20.0. The second-order valence-electron chi connectivity index (χ2n) is 6.92. The number of carbonyl (C=O) groups excluding carboxylic acids is 1. The number of hydrogen-bond donors (Lipinski definition) is 1. The molecule has 0 unspecified atom stereocenters. The Bertz CT molecular complexity index is 902. The van der Waals surface area contributed by atoms with Gasteiger partial charge in [0.25, 0.3) is 0 Å². The molecule has 1 saturated heterocycles. The SMILES string of the molecule is COc1ccc(CC(=O)Nc2cccc(S(=O)(=O)N3CCCCCC3)c2)cc1. The average Bonchev–Trinajstić information content (AvgIpc) is 2.99. The van der Waals surface area contributed by atoms with Crippen LogP contribution in [-0.4, -0.2) is 38.8 Å². The van der Waals surface area contributed by atoms with Gasteiger partial charge in [-0.3, -0.25) is 4.79 Å². The smallest absolute Gasteiger partial charge is 0.243 e. The number of ether oxygens (including phenoxy) is 1. The molecule has 2 aromatic carbocycles. The number of amides is 1. The summed E-state index contributed by atoms with van der Waals surface area (Å²) in [6, 6.07) is 13.7. The summed E-state index contributed by atoms with van der Waals surface area (Å²) in [6.07, 6.45) is 4.10. The van der Waals surface area contributed by atoms with Crippen LogP contribution in [0.1, 0.15) is 31.2 Å². The van der Waals surface area contributed by atoms with Crippen molar-refractivity contribution in [1.82, 2.24) is 4.31 Å². The second kappa shape index (κ2) is 9.21. The maximum atomic E-state index is 12.9. The Balaban J connectivity index is 1.69. The van der Waals surface area contributed by atoms with E-state index in [0.717, 1.165) is 37.0 Å². The van der Waals surface area contributed by atoms with E-state index in [2.05, 4.69) is 5.32 Å². The Morgan fingerprint density at radius 2 is 1.71 bits per heavy atom. The van der Waals surface area contributed by atoms with Crippen molar-refractivity contribution in [2.24, 2.45) is 0 Å². The van der Waals surface area contributed by atoms with Crippen molar-refractivity contribution in [3.63, 3.8) is 0 Å². The van der Waals surface area contributed by atoms with Gasteiger partial charge in [0.15, 0.2) is 0 Å². The third kappa shape index (κ3) is 5.11. The fraction of sp³-hybridized carbons (Fsp3) is 0.381. The van der Waals surface area contributed by atoms with Gasteiger partial charge < -0.3 is 10.1 Å². The van der Waals surface area contributed by atoms with Gasteiger partial charge in [-0.15, -0.1) is 0 Å². The lowest BCUT2D eigenvalue weighted by atomic mass is 10.1. The van der Waals surface area contributed by atoms with Crippen molar-refractivity contribution in [3.8, 4) is 5.75 Å². The largest absolute Gasteiger partial charge is 0.497 e. The monoisotopic (exact) mass is 402 g/mol. The first-order valence-corrected chi connectivity index (χ1v) is 11.0. The molecule has 7 heteroatoms. The van der Waals surface area contributed by atoms with Gasteiger partial charge in [-0.2, -0.15) is 4.31 Å². The summed E-state index contributed by atoms with van der Waals surface area (Å²) >= 11 is 0. The second-order valence-corrected chi connectivity index (χ2v) is 8.86. The topological polar surface area (TPSA) is 75.7 Å². The van der Waals surface area contributed by atoms with E-state index >= 15 is 0 Å². The van der Waals surface area contributed by atoms with Crippen LogP contribution in [0.2, 0.25) is 0 Å². The van der Waals surface area contributed by atoms with Crippen molar-refractivity contribution < 1.29 is 17.9 Å². The molecular formula is C21H26N2O4S. The first-order valence-electron chi connectivity index (χ1n) is 9.52. The third-order valence-electron chi connectivity index (χ3n) is 4.84. The molecule has 0 atom stereocenters. The molecule has 1 N–H and O–H groups in total. The standard InChI is InChI=1S/C21H26N2O4S/c1-27-19-11-9-17(10-12-19)15-21(24)22-18-7-6-8-20(16-18)28(25,26)23-13-4-2-3-5-14-23/h6-12,16H,2-5,13-15H2,1H3,(H,22,24). The molecule has 0 aromatic heterocycles. The molecule has 0 radical (unpaired) electrons. The fourth-order valence-corrected chi connectivity index (χ4v) is 4.86. The highest BCUT2D eigenvalue weighted by molar-refractivity contribution is 7.89. The van der Waals surface area contributed by atoms with E-state index in [1.54, 1.807) is 41.7 Å². The van der Waals surface area contributed by atoms with E-state index < -0.39 is 10.0 Å². The molecular weight excluding hydrogens is 376 g/mol. The molecule has 6 nitrogen and oxygen atoms in total. The van der Waals surface area contributed by atoms with E-state index in [-0.39, 0.29) is 17.2 Å². The Kier molecular flexibility index (Phi) is 6.70. The summed E-state index contributed by atoms with van der Waals surface area (Å²) in [5.41, 5.74) is 1.33. The minimum absolute atomic E-state index is 0.200. The van der Waals surface area contributed by atoms with Crippen LogP contribution in [0.15, 0.2) is 53.4 Å². The first-order chi connectivity index (χ1) is 13.5. The number of hydrogen-bond acceptors (Lipinski definition) is 4. The lowest BCUT2D eigenvalue weighted by Gasteiger charge is -2.20. The van der Waals surface area contributed by atoms with Crippen LogP contribution < -0.4 is 10.1 Å². The first kappa shape index (κ1) is 20.4. The van der Waals surface area contributed by atoms with Gasteiger partial charge in [0.05, 0.1) is 18.4 Å². The van der Waals surface area contributed by atoms with Gasteiger partial charge in [-0.05, 0) is 48.7 Å². The molecule has 28 heavy (non-hydrogen) atoms. The zero-order valence-electron chi connectivity index (χ0n) is 16.1. The molecule has 3 rings (SSSR count). The van der Waals surface area contributed by atoms with Gasteiger partial charge in [-0.25, -0.2) is 8.42 Å². The summed E-state index contributed by atoms with van der Waals surface area (Å²) in [5, 5.41) is 2.79. The number of nitrogens with zero attached hydrogens (tertiary/aromatic N) is 1. The van der Waals surface area contributed by atoms with E-state index in [1.807, 2.05) is 12.1 Å². The molecule has 0 spiro atoms. The molecule has 0 saturated carbocycles. The molecule has 1 fully saturated rings.